The van der Waals surface area contributed by atoms with Crippen LogP contribution in [0.5, 0.6) is 11.5 Å². The molecule has 0 aromatic heterocycles. The lowest BCUT2D eigenvalue weighted by atomic mass is 10.2. The Hall–Kier alpha value is -1.71. The van der Waals surface area contributed by atoms with Crippen LogP contribution in [-0.2, 0) is 16.1 Å². The first-order valence-corrected chi connectivity index (χ1v) is 7.66. The number of nitrogens with zero attached hydrogens (tertiary/aromatic N) is 1. The van der Waals surface area contributed by atoms with Gasteiger partial charge < -0.3 is 24.8 Å². The molecule has 142 valence electrons. The van der Waals surface area contributed by atoms with Gasteiger partial charge in [-0.1, -0.05) is 0 Å². The first-order valence-electron chi connectivity index (χ1n) is 7.66. The molecule has 2 N–H and O–H groups in total. The Morgan fingerprint density at radius 1 is 1.16 bits per heavy atom. The molecule has 0 amide bonds. The molecule has 0 saturated heterocycles. The van der Waals surface area contributed by atoms with E-state index in [0.717, 1.165) is 11.3 Å². The summed E-state index contributed by atoms with van der Waals surface area (Å²) < 4.78 is 15.8. The van der Waals surface area contributed by atoms with Gasteiger partial charge in [0.05, 0.1) is 14.2 Å². The highest BCUT2D eigenvalue weighted by atomic mass is 127. The molecule has 0 radical (unpaired) electrons. The highest BCUT2D eigenvalue weighted by molar-refractivity contribution is 14.0. The van der Waals surface area contributed by atoms with Gasteiger partial charge in [-0.05, 0) is 32.9 Å². The number of hydrogen-bond acceptors (Lipinski definition) is 5. The van der Waals surface area contributed by atoms with Crippen LogP contribution in [0, 0.1) is 0 Å². The molecule has 0 saturated carbocycles. The fourth-order valence-corrected chi connectivity index (χ4v) is 1.93. The molecule has 1 rings (SSSR count). The van der Waals surface area contributed by atoms with E-state index < -0.39 is 5.60 Å². The molecular formula is C17H28IN3O4. The molecule has 0 aliphatic rings. The predicted octanol–water partition coefficient (Wildman–Crippen LogP) is 2.33. The average Bonchev–Trinajstić information content (AvgIpc) is 2.53. The molecule has 0 aliphatic carbocycles. The molecule has 8 heteroatoms. The Labute approximate surface area is 166 Å². The third-order valence-corrected chi connectivity index (χ3v) is 2.98. The predicted molar refractivity (Wildman–Crippen MR) is 109 cm³/mol. The van der Waals surface area contributed by atoms with Gasteiger partial charge in [-0.25, -0.2) is 0 Å². The monoisotopic (exact) mass is 465 g/mol. The maximum atomic E-state index is 11.7. The van der Waals surface area contributed by atoms with Crippen molar-refractivity contribution >= 4 is 35.9 Å². The summed E-state index contributed by atoms with van der Waals surface area (Å²) in [4.78, 5) is 15.8. The van der Waals surface area contributed by atoms with Crippen LogP contribution in [0.25, 0.3) is 0 Å². The van der Waals surface area contributed by atoms with Gasteiger partial charge >= 0.3 is 5.97 Å². The largest absolute Gasteiger partial charge is 0.497 e. The fourth-order valence-electron chi connectivity index (χ4n) is 1.93. The molecule has 0 bridgehead atoms. The number of rotatable bonds is 6. The average molecular weight is 465 g/mol. The molecular weight excluding hydrogens is 437 g/mol. The Balaban J connectivity index is 0.00000576. The normalized spacial score (nSPS) is 11.2. The van der Waals surface area contributed by atoms with Crippen LogP contribution in [0.3, 0.4) is 0 Å². The molecule has 0 atom stereocenters. The highest BCUT2D eigenvalue weighted by Crippen LogP contribution is 2.24. The van der Waals surface area contributed by atoms with E-state index in [4.69, 9.17) is 14.2 Å². The van der Waals surface area contributed by atoms with Gasteiger partial charge in [0.2, 0.25) is 0 Å². The smallest absolute Gasteiger partial charge is 0.325 e. The second-order valence-electron chi connectivity index (χ2n) is 6.04. The van der Waals surface area contributed by atoms with Crippen LogP contribution in [0.2, 0.25) is 0 Å². The first kappa shape index (κ1) is 23.3. The van der Waals surface area contributed by atoms with Crippen LogP contribution < -0.4 is 20.1 Å². The van der Waals surface area contributed by atoms with Crippen molar-refractivity contribution in [3.63, 3.8) is 0 Å². The van der Waals surface area contributed by atoms with Crippen molar-refractivity contribution < 1.29 is 19.0 Å². The minimum Gasteiger partial charge on any atom is -0.497 e. The number of nitrogens with one attached hydrogen (secondary N) is 2. The molecule has 1 aromatic rings. The van der Waals surface area contributed by atoms with Crippen LogP contribution in [-0.4, -0.2) is 45.3 Å². The molecule has 0 aliphatic heterocycles. The Kier molecular flexibility index (Phi) is 10.3. The third-order valence-electron chi connectivity index (χ3n) is 2.98. The van der Waals surface area contributed by atoms with Gasteiger partial charge in [0.1, 0.15) is 23.6 Å². The summed E-state index contributed by atoms with van der Waals surface area (Å²) in [5.74, 6) is 1.60. The molecule has 7 nitrogen and oxygen atoms in total. The number of ether oxygens (including phenoxy) is 3. The molecule has 0 unspecified atom stereocenters. The van der Waals surface area contributed by atoms with Crippen molar-refractivity contribution in [2.75, 3.05) is 27.8 Å². The van der Waals surface area contributed by atoms with Gasteiger partial charge in [0, 0.05) is 25.2 Å². The van der Waals surface area contributed by atoms with Gasteiger partial charge in [-0.15, -0.1) is 24.0 Å². The van der Waals surface area contributed by atoms with Crippen molar-refractivity contribution in [1.82, 2.24) is 10.6 Å². The maximum Gasteiger partial charge on any atom is 0.325 e. The number of carbonyl (C=O) groups is 1. The second-order valence-corrected chi connectivity index (χ2v) is 6.04. The summed E-state index contributed by atoms with van der Waals surface area (Å²) in [7, 11) is 4.85. The lowest BCUT2D eigenvalue weighted by Gasteiger charge is -2.20. The Morgan fingerprint density at radius 2 is 1.84 bits per heavy atom. The summed E-state index contributed by atoms with van der Waals surface area (Å²) in [6.45, 7) is 6.01. The fraction of sp³-hybridized carbons (Fsp3) is 0.529. The van der Waals surface area contributed by atoms with E-state index in [9.17, 15) is 4.79 Å². The maximum absolute atomic E-state index is 11.7. The van der Waals surface area contributed by atoms with Crippen molar-refractivity contribution in [3.8, 4) is 11.5 Å². The molecule has 0 spiro atoms. The zero-order valence-corrected chi connectivity index (χ0v) is 18.0. The number of benzene rings is 1. The van der Waals surface area contributed by atoms with E-state index in [1.54, 1.807) is 21.3 Å². The number of aliphatic imine (C=N–C) groups is 1. The molecule has 25 heavy (non-hydrogen) atoms. The van der Waals surface area contributed by atoms with Crippen molar-refractivity contribution in [1.29, 1.82) is 0 Å². The first-order chi connectivity index (χ1) is 11.3. The van der Waals surface area contributed by atoms with Gasteiger partial charge in [0.15, 0.2) is 5.96 Å². The minimum absolute atomic E-state index is 0. The van der Waals surface area contributed by atoms with E-state index in [-0.39, 0.29) is 36.5 Å². The molecule has 0 heterocycles. The van der Waals surface area contributed by atoms with Gasteiger partial charge in [-0.3, -0.25) is 9.79 Å². The Bertz CT molecular complexity index is 586. The van der Waals surface area contributed by atoms with Crippen molar-refractivity contribution in [3.05, 3.63) is 23.8 Å². The van der Waals surface area contributed by atoms with Gasteiger partial charge in [0.25, 0.3) is 0 Å². The van der Waals surface area contributed by atoms with Crippen molar-refractivity contribution in [2.45, 2.75) is 32.9 Å². The lowest BCUT2D eigenvalue weighted by Crippen LogP contribution is -2.41. The highest BCUT2D eigenvalue weighted by Gasteiger charge is 2.16. The zero-order chi connectivity index (χ0) is 18.2. The van der Waals surface area contributed by atoms with E-state index in [1.807, 2.05) is 39.0 Å². The van der Waals surface area contributed by atoms with Gasteiger partial charge in [-0.2, -0.15) is 0 Å². The number of hydrogen-bond donors (Lipinski definition) is 2. The number of methoxy groups -OCH3 is 2. The number of carbonyl (C=O) groups excluding carboxylic acids is 1. The van der Waals surface area contributed by atoms with E-state index in [1.165, 1.54) is 0 Å². The summed E-state index contributed by atoms with van der Waals surface area (Å²) in [6.07, 6.45) is 0. The molecule has 1 aromatic carbocycles. The summed E-state index contributed by atoms with van der Waals surface area (Å²) in [5, 5.41) is 6.05. The van der Waals surface area contributed by atoms with E-state index in [2.05, 4.69) is 15.6 Å². The van der Waals surface area contributed by atoms with Crippen LogP contribution in [0.1, 0.15) is 26.3 Å². The quantitative estimate of drug-likeness (QED) is 0.291. The lowest BCUT2D eigenvalue weighted by molar-refractivity contribution is -0.153. The summed E-state index contributed by atoms with van der Waals surface area (Å²) in [5.41, 5.74) is 0.435. The topological polar surface area (TPSA) is 81.2 Å². The van der Waals surface area contributed by atoms with Crippen LogP contribution >= 0.6 is 24.0 Å². The van der Waals surface area contributed by atoms with E-state index in [0.29, 0.717) is 18.3 Å². The number of guanidine groups is 1. The van der Waals surface area contributed by atoms with Crippen molar-refractivity contribution in [2.24, 2.45) is 4.99 Å². The van der Waals surface area contributed by atoms with Crippen LogP contribution in [0.15, 0.2) is 23.2 Å². The van der Waals surface area contributed by atoms with Crippen LogP contribution in [0.4, 0.5) is 0 Å². The zero-order valence-electron chi connectivity index (χ0n) is 15.6. The Morgan fingerprint density at radius 3 is 2.36 bits per heavy atom. The number of halogens is 1. The third kappa shape index (κ3) is 8.80. The number of esters is 1. The minimum atomic E-state index is -0.508. The van der Waals surface area contributed by atoms with E-state index >= 15 is 0 Å². The summed E-state index contributed by atoms with van der Waals surface area (Å²) in [6, 6.07) is 5.58. The SMILES string of the molecule is CN=C(NCC(=O)OC(C)(C)C)NCc1ccc(OC)cc1OC.I. The standard InChI is InChI=1S/C17H27N3O4.HI/c1-17(2,3)24-15(21)11-20-16(18-4)19-10-12-7-8-13(22-5)9-14(12)23-6;/h7-9H,10-11H2,1-6H3,(H2,18,19,20);1H. The summed E-state index contributed by atoms with van der Waals surface area (Å²) >= 11 is 0. The molecule has 0 fully saturated rings. The second kappa shape index (κ2) is 11.0.